The van der Waals surface area contributed by atoms with Gasteiger partial charge in [0.05, 0.1) is 6.04 Å². The predicted octanol–water partition coefficient (Wildman–Crippen LogP) is 5.49. The van der Waals surface area contributed by atoms with Crippen LogP contribution in [0.25, 0.3) is 0 Å². The summed E-state index contributed by atoms with van der Waals surface area (Å²) < 4.78 is 6.02. The summed E-state index contributed by atoms with van der Waals surface area (Å²) in [6.07, 6.45) is 6.28. The Kier molecular flexibility index (Phi) is 6.41. The minimum atomic E-state index is -0.372. The van der Waals surface area contributed by atoms with Gasteiger partial charge in [0.1, 0.15) is 6.10 Å². The lowest BCUT2D eigenvalue weighted by Gasteiger charge is -2.50. The molecule has 3 saturated heterocycles. The third-order valence-corrected chi connectivity index (χ3v) is 7.39. The molecule has 164 valence electrons. The summed E-state index contributed by atoms with van der Waals surface area (Å²) in [5.74, 6) is 0.428. The molecular formula is C26H27N3O2S. The molecule has 2 atom stereocenters. The molecule has 0 spiro atoms. The van der Waals surface area contributed by atoms with E-state index < -0.39 is 0 Å². The number of hydrogen-bond acceptors (Lipinski definition) is 5. The van der Waals surface area contributed by atoms with Gasteiger partial charge in [0.2, 0.25) is 0 Å². The maximum absolute atomic E-state index is 12.8. The Morgan fingerprint density at radius 3 is 2.47 bits per heavy atom. The molecule has 3 aromatic rings. The molecule has 1 N–H and O–H groups in total. The van der Waals surface area contributed by atoms with E-state index in [1.165, 1.54) is 10.5 Å². The van der Waals surface area contributed by atoms with Crippen molar-refractivity contribution in [2.45, 2.75) is 41.2 Å². The first-order valence-electron chi connectivity index (χ1n) is 11.2. The van der Waals surface area contributed by atoms with E-state index in [0.717, 1.165) is 42.9 Å². The Morgan fingerprint density at radius 2 is 1.75 bits per heavy atom. The molecule has 3 fully saturated rings. The van der Waals surface area contributed by atoms with Crippen molar-refractivity contribution in [1.29, 1.82) is 0 Å². The van der Waals surface area contributed by atoms with Crippen LogP contribution in [0.2, 0.25) is 0 Å². The number of rotatable bonds is 6. The highest BCUT2D eigenvalue weighted by atomic mass is 32.2. The van der Waals surface area contributed by atoms with Crippen LogP contribution in [0.5, 0.6) is 0 Å². The normalized spacial score (nSPS) is 24.1. The van der Waals surface area contributed by atoms with E-state index >= 15 is 0 Å². The van der Waals surface area contributed by atoms with Crippen molar-refractivity contribution in [3.8, 4) is 0 Å². The minimum absolute atomic E-state index is 0.0920. The molecule has 0 aliphatic carbocycles. The Hall–Kier alpha value is -2.83. The van der Waals surface area contributed by atoms with Crippen LogP contribution >= 0.6 is 11.8 Å². The summed E-state index contributed by atoms with van der Waals surface area (Å²) in [5.41, 5.74) is 1.93. The third-order valence-electron chi connectivity index (χ3n) is 6.38. The number of piperidine rings is 3. The molecule has 3 aliphatic rings. The van der Waals surface area contributed by atoms with E-state index in [2.05, 4.69) is 33.4 Å². The molecule has 0 radical (unpaired) electrons. The Labute approximate surface area is 193 Å². The number of ether oxygens (including phenoxy) is 1. The highest BCUT2D eigenvalue weighted by Crippen LogP contribution is 2.36. The van der Waals surface area contributed by atoms with Crippen LogP contribution in [0.3, 0.4) is 0 Å². The van der Waals surface area contributed by atoms with Crippen molar-refractivity contribution in [2.75, 3.05) is 18.4 Å². The van der Waals surface area contributed by atoms with Crippen LogP contribution in [0.4, 0.5) is 10.5 Å². The van der Waals surface area contributed by atoms with Gasteiger partial charge in [-0.1, -0.05) is 36.0 Å². The largest absolute Gasteiger partial charge is 0.444 e. The number of benzene rings is 2. The topological polar surface area (TPSA) is 54.5 Å². The molecule has 5 nitrogen and oxygen atoms in total. The molecule has 2 bridgehead atoms. The fourth-order valence-corrected chi connectivity index (χ4v) is 5.62. The standard InChI is InChI=1S/C26H27N3O2S/c30-26(28-21-8-10-23(11-9-21)32-22-6-2-1-3-7-22)31-25-20-12-15-29(16-13-20)24(25)17-19-5-4-14-27-18-19/h1-11,14,18,20,24-25H,12-13,15-17H2,(H,28,30)/t24-,25-/m1/s1. The predicted molar refractivity (Wildman–Crippen MR) is 127 cm³/mol. The molecule has 2 aromatic carbocycles. The minimum Gasteiger partial charge on any atom is -0.444 e. The number of nitrogens with one attached hydrogen (secondary N) is 1. The molecule has 1 aromatic heterocycles. The first kappa shape index (κ1) is 21.0. The van der Waals surface area contributed by atoms with Gasteiger partial charge in [-0.3, -0.25) is 15.2 Å². The van der Waals surface area contributed by atoms with E-state index in [1.807, 2.05) is 54.7 Å². The van der Waals surface area contributed by atoms with E-state index in [-0.39, 0.29) is 18.2 Å². The van der Waals surface area contributed by atoms with Gasteiger partial charge in [0.15, 0.2) is 0 Å². The van der Waals surface area contributed by atoms with Gasteiger partial charge < -0.3 is 4.74 Å². The summed E-state index contributed by atoms with van der Waals surface area (Å²) in [6, 6.07) is 22.4. The van der Waals surface area contributed by atoms with Crippen LogP contribution in [0.15, 0.2) is 88.9 Å². The zero-order valence-corrected chi connectivity index (χ0v) is 18.7. The van der Waals surface area contributed by atoms with Gasteiger partial charge in [-0.05, 0) is 80.4 Å². The van der Waals surface area contributed by atoms with Gasteiger partial charge in [-0.2, -0.15) is 0 Å². The lowest BCUT2D eigenvalue weighted by Crippen LogP contribution is -2.60. The number of aromatic nitrogens is 1. The number of hydrogen-bond donors (Lipinski definition) is 1. The summed E-state index contributed by atoms with van der Waals surface area (Å²) in [7, 11) is 0. The summed E-state index contributed by atoms with van der Waals surface area (Å²) >= 11 is 1.70. The number of carbonyl (C=O) groups excluding carboxylic acids is 1. The SMILES string of the molecule is O=C(Nc1ccc(Sc2ccccc2)cc1)O[C@@H]1C2CCN(CC2)[C@@H]1Cc1cccnc1. The quantitative estimate of drug-likeness (QED) is 0.544. The van der Waals surface area contributed by atoms with Crippen molar-refractivity contribution in [3.63, 3.8) is 0 Å². The number of carbonyl (C=O) groups is 1. The first-order valence-corrected chi connectivity index (χ1v) is 12.0. The van der Waals surface area contributed by atoms with Crippen molar-refractivity contribution < 1.29 is 9.53 Å². The number of pyridine rings is 1. The van der Waals surface area contributed by atoms with Gasteiger partial charge >= 0.3 is 6.09 Å². The van der Waals surface area contributed by atoms with Crippen LogP contribution in [0, 0.1) is 5.92 Å². The van der Waals surface area contributed by atoms with Gasteiger partial charge in [0, 0.05) is 33.8 Å². The van der Waals surface area contributed by atoms with Crippen molar-refractivity contribution >= 4 is 23.5 Å². The Morgan fingerprint density at radius 1 is 1.00 bits per heavy atom. The molecular weight excluding hydrogens is 418 g/mol. The van der Waals surface area contributed by atoms with Crippen LogP contribution in [-0.2, 0) is 11.2 Å². The molecule has 0 saturated carbocycles. The number of nitrogens with zero attached hydrogens (tertiary/aromatic N) is 2. The molecule has 6 rings (SSSR count). The van der Waals surface area contributed by atoms with E-state index in [1.54, 1.807) is 18.0 Å². The average Bonchev–Trinajstić information content (AvgIpc) is 2.84. The highest BCUT2D eigenvalue weighted by Gasteiger charge is 2.44. The highest BCUT2D eigenvalue weighted by molar-refractivity contribution is 7.99. The van der Waals surface area contributed by atoms with E-state index in [4.69, 9.17) is 4.74 Å². The molecule has 0 unspecified atom stereocenters. The number of amides is 1. The van der Waals surface area contributed by atoms with Crippen LogP contribution in [0.1, 0.15) is 18.4 Å². The fourth-order valence-electron chi connectivity index (χ4n) is 4.78. The van der Waals surface area contributed by atoms with Crippen molar-refractivity contribution in [1.82, 2.24) is 9.88 Å². The molecule has 32 heavy (non-hydrogen) atoms. The fraction of sp³-hybridized carbons (Fsp3) is 0.308. The maximum atomic E-state index is 12.8. The molecule has 3 aliphatic heterocycles. The molecule has 4 heterocycles. The third kappa shape index (κ3) is 4.97. The van der Waals surface area contributed by atoms with Gasteiger partial charge in [-0.15, -0.1) is 0 Å². The number of fused-ring (bicyclic) bond motifs is 3. The second-order valence-corrected chi connectivity index (χ2v) is 9.59. The van der Waals surface area contributed by atoms with Gasteiger partial charge in [-0.25, -0.2) is 4.79 Å². The summed E-state index contributed by atoms with van der Waals surface area (Å²) in [5, 5.41) is 2.92. The maximum Gasteiger partial charge on any atom is 0.411 e. The van der Waals surface area contributed by atoms with Crippen molar-refractivity contribution in [3.05, 3.63) is 84.7 Å². The first-order chi connectivity index (χ1) is 15.7. The molecule has 1 amide bonds. The lowest BCUT2D eigenvalue weighted by molar-refractivity contribution is -0.0741. The summed E-state index contributed by atoms with van der Waals surface area (Å²) in [6.45, 7) is 2.16. The molecule has 6 heteroatoms. The zero-order chi connectivity index (χ0) is 21.8. The monoisotopic (exact) mass is 445 g/mol. The van der Waals surface area contributed by atoms with Crippen LogP contribution < -0.4 is 5.32 Å². The Bertz CT molecular complexity index is 1020. The zero-order valence-electron chi connectivity index (χ0n) is 17.9. The lowest BCUT2D eigenvalue weighted by atomic mass is 9.78. The average molecular weight is 446 g/mol. The van der Waals surface area contributed by atoms with E-state index in [9.17, 15) is 4.79 Å². The second-order valence-electron chi connectivity index (χ2n) is 8.44. The van der Waals surface area contributed by atoms with Crippen LogP contribution in [-0.4, -0.2) is 41.2 Å². The van der Waals surface area contributed by atoms with Gasteiger partial charge in [0.25, 0.3) is 0 Å². The number of anilines is 1. The smallest absolute Gasteiger partial charge is 0.411 e. The second kappa shape index (κ2) is 9.76. The van der Waals surface area contributed by atoms with Crippen molar-refractivity contribution in [2.24, 2.45) is 5.92 Å². The Balaban J connectivity index is 1.21. The van der Waals surface area contributed by atoms with E-state index in [0.29, 0.717) is 5.92 Å². The summed E-state index contributed by atoms with van der Waals surface area (Å²) in [4.78, 5) is 21.8.